The van der Waals surface area contributed by atoms with Crippen LogP contribution in [0.25, 0.3) is 11.0 Å². The van der Waals surface area contributed by atoms with Crippen LogP contribution in [0.5, 0.6) is 5.75 Å². The molecule has 24 heavy (non-hydrogen) atoms. The molecule has 124 valence electrons. The maximum Gasteiger partial charge on any atom is 0.166 e. The Kier molecular flexibility index (Phi) is 4.40. The van der Waals surface area contributed by atoms with Gasteiger partial charge in [-0.1, -0.05) is 17.8 Å². The maximum absolute atomic E-state index is 5.92. The summed E-state index contributed by atoms with van der Waals surface area (Å²) in [5.41, 5.74) is 3.12. The molecule has 2 atom stereocenters. The van der Waals surface area contributed by atoms with E-state index in [1.165, 1.54) is 0 Å². The molecule has 0 radical (unpaired) electrons. The zero-order chi connectivity index (χ0) is 16.4. The number of thioether (sulfide) groups is 1. The van der Waals surface area contributed by atoms with E-state index >= 15 is 0 Å². The Morgan fingerprint density at radius 2 is 2.29 bits per heavy atom. The number of fused-ring (bicyclic) bond motifs is 1. The Hall–Kier alpha value is -2.05. The first-order valence-corrected chi connectivity index (χ1v) is 8.92. The molecule has 5 nitrogen and oxygen atoms in total. The number of H-pyrrole nitrogens is 1. The molecule has 1 fully saturated rings. The highest BCUT2D eigenvalue weighted by Crippen LogP contribution is 2.36. The number of nitrogens with one attached hydrogen (secondary N) is 1. The third-order valence-corrected chi connectivity index (χ3v) is 5.42. The van der Waals surface area contributed by atoms with Crippen molar-refractivity contribution in [2.45, 2.75) is 29.4 Å². The quantitative estimate of drug-likeness (QED) is 0.778. The summed E-state index contributed by atoms with van der Waals surface area (Å²) in [6.07, 6.45) is 5.81. The van der Waals surface area contributed by atoms with Crippen LogP contribution in [0.2, 0.25) is 0 Å². The molecular weight excluding hydrogens is 322 g/mol. The van der Waals surface area contributed by atoms with Crippen LogP contribution in [0.3, 0.4) is 0 Å². The molecule has 1 aromatic carbocycles. The van der Waals surface area contributed by atoms with E-state index in [2.05, 4.69) is 21.0 Å². The second-order valence-corrected chi connectivity index (χ2v) is 7.12. The number of methoxy groups -OCH3 is 1. The number of pyridine rings is 1. The summed E-state index contributed by atoms with van der Waals surface area (Å²) < 4.78 is 11.2. The molecule has 0 saturated carbocycles. The number of hydrogen-bond acceptors (Lipinski definition) is 5. The first-order chi connectivity index (χ1) is 11.8. The molecule has 4 rings (SSSR count). The van der Waals surface area contributed by atoms with Gasteiger partial charge in [0.2, 0.25) is 0 Å². The van der Waals surface area contributed by atoms with Crippen LogP contribution in [0.1, 0.15) is 24.5 Å². The molecule has 0 amide bonds. The van der Waals surface area contributed by atoms with Gasteiger partial charge in [0.1, 0.15) is 5.75 Å². The molecule has 2 unspecified atom stereocenters. The van der Waals surface area contributed by atoms with E-state index in [9.17, 15) is 0 Å². The van der Waals surface area contributed by atoms with Crippen molar-refractivity contribution in [3.63, 3.8) is 0 Å². The minimum Gasteiger partial charge on any atom is -0.497 e. The summed E-state index contributed by atoms with van der Waals surface area (Å²) in [7, 11) is 1.67. The summed E-state index contributed by atoms with van der Waals surface area (Å²) in [5, 5.41) is 1.43. The van der Waals surface area contributed by atoms with E-state index in [0.717, 1.165) is 47.0 Å². The summed E-state index contributed by atoms with van der Waals surface area (Å²) in [4.78, 5) is 12.3. The van der Waals surface area contributed by atoms with Crippen molar-refractivity contribution < 1.29 is 9.47 Å². The normalized spacial score (nSPS) is 21.0. The van der Waals surface area contributed by atoms with Gasteiger partial charge in [0, 0.05) is 30.3 Å². The summed E-state index contributed by atoms with van der Waals surface area (Å²) in [6, 6.07) is 9.94. The van der Waals surface area contributed by atoms with Gasteiger partial charge in [-0.2, -0.15) is 0 Å². The van der Waals surface area contributed by atoms with Crippen molar-refractivity contribution in [2.75, 3.05) is 13.7 Å². The molecule has 3 heterocycles. The predicted octanol–water partition coefficient (Wildman–Crippen LogP) is 3.98. The average Bonchev–Trinajstić information content (AvgIpc) is 3.04. The van der Waals surface area contributed by atoms with Crippen molar-refractivity contribution in [3.8, 4) is 5.75 Å². The maximum atomic E-state index is 5.92. The smallest absolute Gasteiger partial charge is 0.166 e. The van der Waals surface area contributed by atoms with Crippen LogP contribution < -0.4 is 4.74 Å². The van der Waals surface area contributed by atoms with Gasteiger partial charge in [0.25, 0.3) is 0 Å². The number of benzene rings is 1. The van der Waals surface area contributed by atoms with Crippen LogP contribution in [0.15, 0.2) is 47.9 Å². The molecule has 1 aliphatic rings. The van der Waals surface area contributed by atoms with Crippen LogP contribution in [0.4, 0.5) is 0 Å². The van der Waals surface area contributed by atoms with Gasteiger partial charge < -0.3 is 14.5 Å². The van der Waals surface area contributed by atoms with Crippen molar-refractivity contribution in [1.82, 2.24) is 15.0 Å². The lowest BCUT2D eigenvalue weighted by molar-refractivity contribution is 0.0176. The van der Waals surface area contributed by atoms with Crippen molar-refractivity contribution in [2.24, 2.45) is 0 Å². The van der Waals surface area contributed by atoms with E-state index in [-0.39, 0.29) is 6.10 Å². The monoisotopic (exact) mass is 341 g/mol. The summed E-state index contributed by atoms with van der Waals surface area (Å²) in [5.74, 6) is 0.838. The molecule has 1 N–H and O–H groups in total. The predicted molar refractivity (Wildman–Crippen MR) is 94.5 cm³/mol. The molecule has 0 spiro atoms. The topological polar surface area (TPSA) is 60.0 Å². The van der Waals surface area contributed by atoms with E-state index in [0.29, 0.717) is 5.25 Å². The minimum atomic E-state index is 0.120. The van der Waals surface area contributed by atoms with Crippen molar-refractivity contribution in [3.05, 3.63) is 48.3 Å². The first kappa shape index (κ1) is 15.5. The molecule has 1 saturated heterocycles. The number of ether oxygens (including phenoxy) is 2. The fraction of sp³-hybridized carbons (Fsp3) is 0.333. The third-order valence-electron chi connectivity index (χ3n) is 4.24. The van der Waals surface area contributed by atoms with Crippen LogP contribution in [0, 0.1) is 0 Å². The summed E-state index contributed by atoms with van der Waals surface area (Å²) >= 11 is 1.79. The zero-order valence-electron chi connectivity index (χ0n) is 13.4. The lowest BCUT2D eigenvalue weighted by Gasteiger charge is -2.28. The Balaban J connectivity index is 1.48. The van der Waals surface area contributed by atoms with Gasteiger partial charge in [-0.05, 0) is 36.6 Å². The van der Waals surface area contributed by atoms with Gasteiger partial charge in [0.15, 0.2) is 5.16 Å². The van der Waals surface area contributed by atoms with Gasteiger partial charge in [-0.3, -0.25) is 4.98 Å². The Bertz CT molecular complexity index is 822. The lowest BCUT2D eigenvalue weighted by atomic mass is 10.0. The Labute approximate surface area is 144 Å². The number of nitrogens with zero attached hydrogens (tertiary/aromatic N) is 2. The highest BCUT2D eigenvalue weighted by molar-refractivity contribution is 7.99. The highest BCUT2D eigenvalue weighted by atomic mass is 32.2. The number of rotatable bonds is 4. The Morgan fingerprint density at radius 3 is 3.12 bits per heavy atom. The minimum absolute atomic E-state index is 0.120. The van der Waals surface area contributed by atoms with Gasteiger partial charge in [0.05, 0.1) is 24.2 Å². The van der Waals surface area contributed by atoms with Gasteiger partial charge in [-0.15, -0.1) is 0 Å². The Morgan fingerprint density at radius 1 is 1.33 bits per heavy atom. The molecule has 6 heteroatoms. The van der Waals surface area contributed by atoms with Crippen LogP contribution in [-0.4, -0.2) is 33.9 Å². The van der Waals surface area contributed by atoms with Crippen LogP contribution in [-0.2, 0) is 4.74 Å². The lowest BCUT2D eigenvalue weighted by Crippen LogP contribution is -2.21. The SMILES string of the molecule is COc1ccc2nc(SC3CCOC(c4cccnc4)C3)[nH]c2c1. The fourth-order valence-corrected chi connectivity index (χ4v) is 4.10. The molecule has 0 aliphatic carbocycles. The zero-order valence-corrected chi connectivity index (χ0v) is 14.3. The average molecular weight is 341 g/mol. The largest absolute Gasteiger partial charge is 0.497 e. The van der Waals surface area contributed by atoms with E-state index in [1.807, 2.05) is 30.5 Å². The summed E-state index contributed by atoms with van der Waals surface area (Å²) in [6.45, 7) is 0.769. The second-order valence-electron chi connectivity index (χ2n) is 5.84. The van der Waals surface area contributed by atoms with E-state index in [4.69, 9.17) is 9.47 Å². The molecule has 0 bridgehead atoms. The van der Waals surface area contributed by atoms with Gasteiger partial charge in [-0.25, -0.2) is 4.98 Å². The number of imidazole rings is 1. The van der Waals surface area contributed by atoms with Gasteiger partial charge >= 0.3 is 0 Å². The molecule has 3 aromatic rings. The van der Waals surface area contributed by atoms with Crippen LogP contribution >= 0.6 is 11.8 Å². The molecule has 2 aromatic heterocycles. The molecule has 1 aliphatic heterocycles. The molecular formula is C18H19N3O2S. The first-order valence-electron chi connectivity index (χ1n) is 8.04. The second kappa shape index (κ2) is 6.83. The number of aromatic nitrogens is 3. The van der Waals surface area contributed by atoms with E-state index in [1.54, 1.807) is 25.1 Å². The standard InChI is InChI=1S/C18H19N3O2S/c1-22-13-4-5-15-16(9-13)21-18(20-15)24-14-6-8-23-17(10-14)12-3-2-7-19-11-12/h2-5,7,9,11,14,17H,6,8,10H2,1H3,(H,20,21). The number of hydrogen-bond donors (Lipinski definition) is 1. The number of aromatic amines is 1. The highest BCUT2D eigenvalue weighted by Gasteiger charge is 2.25. The fourth-order valence-electron chi connectivity index (χ4n) is 2.98. The van der Waals surface area contributed by atoms with Crippen molar-refractivity contribution in [1.29, 1.82) is 0 Å². The third kappa shape index (κ3) is 3.25. The van der Waals surface area contributed by atoms with E-state index < -0.39 is 0 Å². The van der Waals surface area contributed by atoms with Crippen molar-refractivity contribution >= 4 is 22.8 Å².